The summed E-state index contributed by atoms with van der Waals surface area (Å²) >= 11 is 1.75. The third-order valence-corrected chi connectivity index (χ3v) is 5.77. The van der Waals surface area contributed by atoms with Gasteiger partial charge in [-0.05, 0) is 23.8 Å². The highest BCUT2D eigenvalue weighted by atomic mass is 32.2. The summed E-state index contributed by atoms with van der Waals surface area (Å²) in [5.74, 6) is 2.79. The number of nitrogens with one attached hydrogen (secondary N) is 1. The molecule has 1 aromatic rings. The fourth-order valence-corrected chi connectivity index (χ4v) is 4.34. The highest BCUT2D eigenvalue weighted by Gasteiger charge is 2.31. The Morgan fingerprint density at radius 3 is 2.71 bits per heavy atom. The van der Waals surface area contributed by atoms with Crippen molar-refractivity contribution in [3.05, 3.63) is 29.3 Å². The molecule has 0 spiro atoms. The average molecular weight is 347 g/mol. The molecule has 3 heterocycles. The van der Waals surface area contributed by atoms with Crippen LogP contribution < -0.4 is 10.1 Å². The van der Waals surface area contributed by atoms with Gasteiger partial charge in [0.2, 0.25) is 5.91 Å². The van der Waals surface area contributed by atoms with E-state index in [1.165, 1.54) is 0 Å². The first-order valence-corrected chi connectivity index (χ1v) is 9.53. The SMILES string of the molecule is O=C(c1ccc2c(c1)CCO2)N1CCN(C(=O)C2CSCN2)CC1. The first kappa shape index (κ1) is 15.8. The number of piperazine rings is 1. The number of fused-ring (bicyclic) bond motifs is 1. The maximum absolute atomic E-state index is 12.7. The van der Waals surface area contributed by atoms with Crippen LogP contribution in [0.25, 0.3) is 0 Å². The maximum Gasteiger partial charge on any atom is 0.253 e. The molecule has 3 aliphatic heterocycles. The van der Waals surface area contributed by atoms with Crippen molar-refractivity contribution < 1.29 is 14.3 Å². The molecule has 128 valence electrons. The van der Waals surface area contributed by atoms with Gasteiger partial charge in [-0.25, -0.2) is 0 Å². The number of benzene rings is 1. The molecule has 1 N–H and O–H groups in total. The van der Waals surface area contributed by atoms with Gasteiger partial charge in [0.05, 0.1) is 12.6 Å². The number of thioether (sulfide) groups is 1. The van der Waals surface area contributed by atoms with Gasteiger partial charge in [-0.2, -0.15) is 0 Å². The van der Waals surface area contributed by atoms with Gasteiger partial charge in [0.1, 0.15) is 5.75 Å². The summed E-state index contributed by atoms with van der Waals surface area (Å²) in [7, 11) is 0. The van der Waals surface area contributed by atoms with Crippen molar-refractivity contribution in [1.82, 2.24) is 15.1 Å². The number of carbonyl (C=O) groups is 2. The quantitative estimate of drug-likeness (QED) is 0.847. The zero-order valence-electron chi connectivity index (χ0n) is 13.5. The van der Waals surface area contributed by atoms with Crippen LogP contribution in [-0.2, 0) is 11.2 Å². The highest BCUT2D eigenvalue weighted by molar-refractivity contribution is 7.99. The fourth-order valence-electron chi connectivity index (χ4n) is 3.41. The van der Waals surface area contributed by atoms with E-state index in [1.54, 1.807) is 11.8 Å². The summed E-state index contributed by atoms with van der Waals surface area (Å²) in [6, 6.07) is 5.61. The second kappa shape index (κ2) is 6.64. The van der Waals surface area contributed by atoms with Gasteiger partial charge in [0.15, 0.2) is 0 Å². The van der Waals surface area contributed by atoms with Crippen LogP contribution in [0.15, 0.2) is 18.2 Å². The lowest BCUT2D eigenvalue weighted by atomic mass is 10.1. The van der Waals surface area contributed by atoms with E-state index < -0.39 is 0 Å². The Kier molecular flexibility index (Phi) is 4.37. The highest BCUT2D eigenvalue weighted by Crippen LogP contribution is 2.26. The minimum Gasteiger partial charge on any atom is -0.493 e. The Morgan fingerprint density at radius 2 is 1.96 bits per heavy atom. The molecule has 1 aromatic carbocycles. The van der Waals surface area contributed by atoms with Crippen LogP contribution in [-0.4, -0.2) is 72.1 Å². The molecule has 2 amide bonds. The molecule has 2 fully saturated rings. The predicted octanol–water partition coefficient (Wildman–Crippen LogP) is 0.568. The molecule has 7 heteroatoms. The van der Waals surface area contributed by atoms with Crippen LogP contribution in [0, 0.1) is 0 Å². The molecule has 1 atom stereocenters. The van der Waals surface area contributed by atoms with Crippen molar-refractivity contribution in [2.45, 2.75) is 12.5 Å². The Morgan fingerprint density at radius 1 is 1.17 bits per heavy atom. The van der Waals surface area contributed by atoms with Crippen LogP contribution in [0.4, 0.5) is 0 Å². The summed E-state index contributed by atoms with van der Waals surface area (Å²) in [5.41, 5.74) is 1.83. The molecule has 0 aromatic heterocycles. The second-order valence-corrected chi connectivity index (χ2v) is 7.34. The lowest BCUT2D eigenvalue weighted by molar-refractivity contribution is -0.134. The molecule has 3 aliphatic rings. The van der Waals surface area contributed by atoms with Gasteiger partial charge in [0.25, 0.3) is 5.91 Å². The number of hydrogen-bond donors (Lipinski definition) is 1. The Labute approximate surface area is 145 Å². The van der Waals surface area contributed by atoms with Gasteiger partial charge in [-0.1, -0.05) is 0 Å². The monoisotopic (exact) mass is 347 g/mol. The van der Waals surface area contributed by atoms with Crippen molar-refractivity contribution in [2.75, 3.05) is 44.4 Å². The third-order valence-electron chi connectivity index (χ3n) is 4.83. The Balaban J connectivity index is 1.37. The minimum atomic E-state index is -0.0611. The first-order valence-electron chi connectivity index (χ1n) is 8.37. The Hall–Kier alpha value is -1.73. The Bertz CT molecular complexity index is 652. The van der Waals surface area contributed by atoms with E-state index in [9.17, 15) is 9.59 Å². The lowest BCUT2D eigenvalue weighted by Crippen LogP contribution is -2.54. The molecule has 0 aliphatic carbocycles. The normalized spacial score (nSPS) is 23.1. The summed E-state index contributed by atoms with van der Waals surface area (Å²) in [6.45, 7) is 3.11. The molecule has 6 nitrogen and oxygen atoms in total. The molecule has 4 rings (SSSR count). The van der Waals surface area contributed by atoms with Crippen LogP contribution in [0.1, 0.15) is 15.9 Å². The van der Waals surface area contributed by atoms with Crippen molar-refractivity contribution in [2.24, 2.45) is 0 Å². The summed E-state index contributed by atoms with van der Waals surface area (Å²) < 4.78 is 5.49. The molecular formula is C17H21N3O3S. The van der Waals surface area contributed by atoms with E-state index >= 15 is 0 Å². The maximum atomic E-state index is 12.7. The van der Waals surface area contributed by atoms with Crippen molar-refractivity contribution in [1.29, 1.82) is 0 Å². The average Bonchev–Trinajstić information content (AvgIpc) is 3.31. The number of nitrogens with zero attached hydrogens (tertiary/aromatic N) is 2. The number of amides is 2. The zero-order valence-corrected chi connectivity index (χ0v) is 14.3. The minimum absolute atomic E-state index is 0.0475. The van der Waals surface area contributed by atoms with E-state index in [0.717, 1.165) is 29.4 Å². The van der Waals surface area contributed by atoms with Crippen LogP contribution in [0.2, 0.25) is 0 Å². The van der Waals surface area contributed by atoms with Gasteiger partial charge < -0.3 is 14.5 Å². The molecule has 0 bridgehead atoms. The van der Waals surface area contributed by atoms with Crippen LogP contribution in [0.5, 0.6) is 5.75 Å². The summed E-state index contributed by atoms with van der Waals surface area (Å²) in [4.78, 5) is 28.8. The summed E-state index contributed by atoms with van der Waals surface area (Å²) in [6.07, 6.45) is 0.866. The van der Waals surface area contributed by atoms with E-state index in [-0.39, 0.29) is 17.9 Å². The molecule has 24 heavy (non-hydrogen) atoms. The zero-order chi connectivity index (χ0) is 16.5. The number of carbonyl (C=O) groups excluding carboxylic acids is 2. The molecule has 0 saturated carbocycles. The summed E-state index contributed by atoms with van der Waals surface area (Å²) in [5, 5.41) is 3.22. The van der Waals surface area contributed by atoms with Gasteiger partial charge >= 0.3 is 0 Å². The van der Waals surface area contributed by atoms with E-state index in [1.807, 2.05) is 28.0 Å². The van der Waals surface area contributed by atoms with Crippen LogP contribution >= 0.6 is 11.8 Å². The van der Waals surface area contributed by atoms with Crippen molar-refractivity contribution >= 4 is 23.6 Å². The van der Waals surface area contributed by atoms with Crippen molar-refractivity contribution in [3.63, 3.8) is 0 Å². The number of hydrogen-bond acceptors (Lipinski definition) is 5. The lowest BCUT2D eigenvalue weighted by Gasteiger charge is -2.36. The largest absolute Gasteiger partial charge is 0.493 e. The molecule has 0 radical (unpaired) electrons. The molecule has 2 saturated heterocycles. The topological polar surface area (TPSA) is 61.9 Å². The fraction of sp³-hybridized carbons (Fsp3) is 0.529. The van der Waals surface area contributed by atoms with Crippen LogP contribution in [0.3, 0.4) is 0 Å². The molecule has 1 unspecified atom stereocenters. The number of rotatable bonds is 2. The first-order chi connectivity index (χ1) is 11.7. The third kappa shape index (κ3) is 2.98. The predicted molar refractivity (Wildman–Crippen MR) is 92.4 cm³/mol. The standard InChI is InChI=1S/C17H21N3O3S/c21-16(13-1-2-15-12(9-13)3-8-23-15)19-4-6-20(7-5-19)17(22)14-10-24-11-18-14/h1-2,9,14,18H,3-8,10-11H2. The van der Waals surface area contributed by atoms with E-state index in [2.05, 4.69) is 5.32 Å². The van der Waals surface area contributed by atoms with Gasteiger partial charge in [0, 0.05) is 49.8 Å². The molecular weight excluding hydrogens is 326 g/mol. The van der Waals surface area contributed by atoms with Gasteiger partial charge in [-0.15, -0.1) is 11.8 Å². The van der Waals surface area contributed by atoms with E-state index in [4.69, 9.17) is 4.74 Å². The number of ether oxygens (including phenoxy) is 1. The van der Waals surface area contributed by atoms with Gasteiger partial charge in [-0.3, -0.25) is 14.9 Å². The van der Waals surface area contributed by atoms with E-state index in [0.29, 0.717) is 38.3 Å². The second-order valence-electron chi connectivity index (χ2n) is 6.31. The smallest absolute Gasteiger partial charge is 0.253 e. The van der Waals surface area contributed by atoms with Crippen molar-refractivity contribution in [3.8, 4) is 5.75 Å².